The van der Waals surface area contributed by atoms with E-state index >= 15 is 0 Å². The largest absolute Gasteiger partial charge is 0.427 e. The zero-order valence-electron chi connectivity index (χ0n) is 22.2. The molecule has 0 saturated carbocycles. The number of anilines is 1. The van der Waals surface area contributed by atoms with Crippen LogP contribution in [0.15, 0.2) is 47.4 Å². The van der Waals surface area contributed by atoms with Gasteiger partial charge in [-0.2, -0.15) is 0 Å². The first kappa shape index (κ1) is 32.7. The molecule has 2 aromatic rings. The Morgan fingerprint density at radius 3 is 2.41 bits per heavy atom. The van der Waals surface area contributed by atoms with E-state index in [1.807, 2.05) is 6.07 Å². The summed E-state index contributed by atoms with van der Waals surface area (Å²) in [4.78, 5) is 10.8. The number of carbonyl (C=O) groups excluding carboxylic acids is 1. The summed E-state index contributed by atoms with van der Waals surface area (Å²) in [5.74, 6) is 0.0536. The summed E-state index contributed by atoms with van der Waals surface area (Å²) in [6, 6.07) is 11.1. The number of sulfonamides is 2. The lowest BCUT2D eigenvalue weighted by Crippen LogP contribution is -2.22. The third-order valence-electron chi connectivity index (χ3n) is 5.82. The van der Waals surface area contributed by atoms with Gasteiger partial charge in [-0.1, -0.05) is 37.5 Å². The highest BCUT2D eigenvalue weighted by molar-refractivity contribution is 7.92. The van der Waals surface area contributed by atoms with Gasteiger partial charge in [-0.3, -0.25) is 9.52 Å². The zero-order chi connectivity index (χ0) is 28.7. The Kier molecular flexibility index (Phi) is 13.8. The summed E-state index contributed by atoms with van der Waals surface area (Å²) in [7, 11) is -7.27. The number of nitrogens with one attached hydrogen (secondary N) is 2. The van der Waals surface area contributed by atoms with Crippen LogP contribution in [0.1, 0.15) is 55.8 Å². The van der Waals surface area contributed by atoms with Crippen LogP contribution in [0.4, 0.5) is 5.69 Å². The Labute approximate surface area is 231 Å². The second-order valence-corrected chi connectivity index (χ2v) is 12.5. The summed E-state index contributed by atoms with van der Waals surface area (Å²) in [5.41, 5.74) is 1.49. The van der Waals surface area contributed by atoms with Gasteiger partial charge < -0.3 is 19.9 Å². The van der Waals surface area contributed by atoms with Crippen LogP contribution in [-0.2, 0) is 36.0 Å². The Bertz CT molecular complexity index is 1250. The summed E-state index contributed by atoms with van der Waals surface area (Å²) in [5, 5.41) is 18.8. The SMILES string of the molecule is CS(=O)(=O)Nc1cc([C@@H](O)CNCCCCCCCOCCCc2cccc(S(N)(=O)=O)c2)ccc1OC=O. The Morgan fingerprint density at radius 1 is 0.974 bits per heavy atom. The molecule has 2 rings (SSSR count). The van der Waals surface area contributed by atoms with Crippen LogP contribution >= 0.6 is 0 Å². The Morgan fingerprint density at radius 2 is 1.69 bits per heavy atom. The number of carbonyl (C=O) groups is 1. The molecule has 1 atom stereocenters. The van der Waals surface area contributed by atoms with Crippen LogP contribution in [0, 0.1) is 0 Å². The smallest absolute Gasteiger partial charge is 0.298 e. The predicted molar refractivity (Wildman–Crippen MR) is 149 cm³/mol. The lowest BCUT2D eigenvalue weighted by molar-refractivity contribution is -0.120. The van der Waals surface area contributed by atoms with Crippen molar-refractivity contribution in [2.75, 3.05) is 37.3 Å². The Hall–Kier alpha value is -2.55. The molecule has 0 aliphatic carbocycles. The molecule has 2 aromatic carbocycles. The number of ether oxygens (including phenoxy) is 2. The van der Waals surface area contributed by atoms with Gasteiger partial charge in [0, 0.05) is 19.8 Å². The summed E-state index contributed by atoms with van der Waals surface area (Å²) in [6.07, 6.45) is 6.77. The molecule has 0 aromatic heterocycles. The van der Waals surface area contributed by atoms with E-state index in [0.717, 1.165) is 63.3 Å². The molecule has 218 valence electrons. The molecular weight excluding hydrogens is 546 g/mol. The van der Waals surface area contributed by atoms with Crippen LogP contribution in [-0.4, -0.2) is 61.0 Å². The molecule has 13 heteroatoms. The highest BCUT2D eigenvalue weighted by Gasteiger charge is 2.14. The van der Waals surface area contributed by atoms with Gasteiger partial charge in [0.15, 0.2) is 5.75 Å². The van der Waals surface area contributed by atoms with Crippen molar-refractivity contribution >= 4 is 32.2 Å². The van der Waals surface area contributed by atoms with E-state index in [4.69, 9.17) is 14.6 Å². The van der Waals surface area contributed by atoms with Gasteiger partial charge in [0.05, 0.1) is 22.9 Å². The molecule has 5 N–H and O–H groups in total. The summed E-state index contributed by atoms with van der Waals surface area (Å²) < 4.78 is 58.7. The summed E-state index contributed by atoms with van der Waals surface area (Å²) >= 11 is 0. The Balaban J connectivity index is 1.53. The molecule has 0 unspecified atom stereocenters. The van der Waals surface area contributed by atoms with Crippen molar-refractivity contribution in [1.29, 1.82) is 0 Å². The average Bonchev–Trinajstić information content (AvgIpc) is 2.86. The van der Waals surface area contributed by atoms with E-state index in [9.17, 15) is 26.7 Å². The van der Waals surface area contributed by atoms with E-state index in [0.29, 0.717) is 25.3 Å². The van der Waals surface area contributed by atoms with Gasteiger partial charge in [0.2, 0.25) is 20.0 Å². The van der Waals surface area contributed by atoms with E-state index in [2.05, 4.69) is 10.0 Å². The molecule has 0 saturated heterocycles. The number of aliphatic hydroxyl groups excluding tert-OH is 1. The maximum Gasteiger partial charge on any atom is 0.298 e. The van der Waals surface area contributed by atoms with Crippen LogP contribution in [0.2, 0.25) is 0 Å². The number of aryl methyl sites for hydroxylation is 1. The van der Waals surface area contributed by atoms with Crippen LogP contribution < -0.4 is 19.9 Å². The minimum Gasteiger partial charge on any atom is -0.427 e. The van der Waals surface area contributed by atoms with Crippen molar-refractivity contribution < 1.29 is 36.2 Å². The fourth-order valence-electron chi connectivity index (χ4n) is 3.89. The van der Waals surface area contributed by atoms with Crippen LogP contribution in [0.3, 0.4) is 0 Å². The zero-order valence-corrected chi connectivity index (χ0v) is 23.8. The summed E-state index contributed by atoms with van der Waals surface area (Å²) in [6.45, 7) is 2.55. The van der Waals surface area contributed by atoms with Gasteiger partial charge in [-0.15, -0.1) is 0 Å². The van der Waals surface area contributed by atoms with E-state index in [1.165, 1.54) is 18.2 Å². The van der Waals surface area contributed by atoms with Crippen molar-refractivity contribution in [2.24, 2.45) is 5.14 Å². The third-order valence-corrected chi connectivity index (χ3v) is 7.32. The molecule has 0 spiro atoms. The van der Waals surface area contributed by atoms with Crippen molar-refractivity contribution in [2.45, 2.75) is 55.9 Å². The minimum atomic E-state index is -3.68. The van der Waals surface area contributed by atoms with Crippen LogP contribution in [0.25, 0.3) is 0 Å². The number of unbranched alkanes of at least 4 members (excludes halogenated alkanes) is 4. The third kappa shape index (κ3) is 13.4. The average molecular weight is 586 g/mol. The molecule has 11 nitrogen and oxygen atoms in total. The van der Waals surface area contributed by atoms with Gasteiger partial charge in [0.1, 0.15) is 0 Å². The molecule has 0 aliphatic heterocycles. The second kappa shape index (κ2) is 16.5. The van der Waals surface area contributed by atoms with Crippen molar-refractivity contribution in [3.8, 4) is 5.75 Å². The normalized spacial score (nSPS) is 12.7. The highest BCUT2D eigenvalue weighted by Crippen LogP contribution is 2.28. The fraction of sp³-hybridized carbons (Fsp3) is 0.500. The molecule has 0 radical (unpaired) electrons. The van der Waals surface area contributed by atoms with Crippen molar-refractivity contribution in [3.05, 3.63) is 53.6 Å². The van der Waals surface area contributed by atoms with Crippen molar-refractivity contribution in [1.82, 2.24) is 5.32 Å². The number of benzene rings is 2. The number of aliphatic hydroxyl groups is 1. The van der Waals surface area contributed by atoms with Crippen molar-refractivity contribution in [3.63, 3.8) is 0 Å². The molecule has 0 heterocycles. The van der Waals surface area contributed by atoms with Gasteiger partial charge in [-0.05, 0) is 67.6 Å². The highest BCUT2D eigenvalue weighted by atomic mass is 32.2. The molecular formula is C26H39N3O8S2. The standard InChI is InChI=1S/C26H39N3O8S2/c1-38(32,33)29-24-18-22(12-13-26(24)37-20-30)25(31)19-28-14-5-3-2-4-6-15-36-16-8-10-21-9-7-11-23(17-21)39(27,34)35/h7,9,11-13,17-18,20,25,28-29,31H,2-6,8,10,14-16,19H2,1H3,(H2,27,34,35)/t25-/m0/s1. The number of hydrogen-bond acceptors (Lipinski definition) is 9. The lowest BCUT2D eigenvalue weighted by Gasteiger charge is -2.15. The second-order valence-electron chi connectivity index (χ2n) is 9.24. The maximum absolute atomic E-state index is 11.6. The van der Waals surface area contributed by atoms with Crippen LogP contribution in [0.5, 0.6) is 5.75 Å². The quantitative estimate of drug-likeness (QED) is 0.134. The van der Waals surface area contributed by atoms with E-state index in [1.54, 1.807) is 18.2 Å². The number of hydrogen-bond donors (Lipinski definition) is 4. The first-order chi connectivity index (χ1) is 18.5. The number of nitrogens with two attached hydrogens (primary N) is 1. The number of primary sulfonamides is 1. The van der Waals surface area contributed by atoms with Gasteiger partial charge in [-0.25, -0.2) is 22.0 Å². The lowest BCUT2D eigenvalue weighted by atomic mass is 10.1. The monoisotopic (exact) mass is 585 g/mol. The predicted octanol–water partition coefficient (Wildman–Crippen LogP) is 2.46. The fourth-order valence-corrected chi connectivity index (χ4v) is 5.03. The molecule has 39 heavy (non-hydrogen) atoms. The molecule has 0 amide bonds. The maximum atomic E-state index is 11.6. The first-order valence-electron chi connectivity index (χ1n) is 12.8. The van der Waals surface area contributed by atoms with E-state index in [-0.39, 0.29) is 22.8 Å². The molecule has 0 aliphatic rings. The molecule has 0 fully saturated rings. The number of rotatable bonds is 20. The first-order valence-corrected chi connectivity index (χ1v) is 16.2. The minimum absolute atomic E-state index is 0.0536. The van der Waals surface area contributed by atoms with Gasteiger partial charge in [0.25, 0.3) is 6.47 Å². The van der Waals surface area contributed by atoms with Gasteiger partial charge >= 0.3 is 0 Å². The van der Waals surface area contributed by atoms with E-state index < -0.39 is 26.2 Å². The molecule has 0 bridgehead atoms. The topological polar surface area (TPSA) is 174 Å².